The van der Waals surface area contributed by atoms with Gasteiger partial charge in [0.25, 0.3) is 5.91 Å². The van der Waals surface area contributed by atoms with E-state index in [9.17, 15) is 14.3 Å². The lowest BCUT2D eigenvalue weighted by Crippen LogP contribution is -2.32. The Hall–Kier alpha value is -1.62. The van der Waals surface area contributed by atoms with Crippen LogP contribution in [0.4, 0.5) is 10.1 Å². The van der Waals surface area contributed by atoms with Crippen molar-refractivity contribution in [2.24, 2.45) is 0 Å². The standard InChI is InChI=1S/C12H17FN2O2/c1-2-3-9(16)7-15-12(17)8-4-5-10(13)11(14)6-8/h4-6,9,16H,2-3,7,14H2,1H3,(H,15,17). The van der Waals surface area contributed by atoms with Crippen LogP contribution in [0.25, 0.3) is 0 Å². The predicted octanol–water partition coefficient (Wildman–Crippen LogP) is 1.30. The Kier molecular flexibility index (Phi) is 4.90. The first kappa shape index (κ1) is 13.4. The van der Waals surface area contributed by atoms with Crippen LogP contribution in [0.2, 0.25) is 0 Å². The number of anilines is 1. The number of aliphatic hydroxyl groups is 1. The van der Waals surface area contributed by atoms with Gasteiger partial charge in [-0.15, -0.1) is 0 Å². The average molecular weight is 240 g/mol. The molecule has 1 atom stereocenters. The second kappa shape index (κ2) is 6.20. The minimum absolute atomic E-state index is 0.0632. The highest BCUT2D eigenvalue weighted by atomic mass is 19.1. The Labute approximate surface area is 99.6 Å². The molecule has 0 bridgehead atoms. The summed E-state index contributed by atoms with van der Waals surface area (Å²) in [5.41, 5.74) is 5.58. The monoisotopic (exact) mass is 240 g/mol. The lowest BCUT2D eigenvalue weighted by molar-refractivity contribution is 0.0910. The zero-order valence-corrected chi connectivity index (χ0v) is 9.74. The molecule has 0 aliphatic carbocycles. The van der Waals surface area contributed by atoms with E-state index in [-0.39, 0.29) is 23.7 Å². The third-order valence-corrected chi connectivity index (χ3v) is 2.38. The molecule has 1 unspecified atom stereocenters. The maximum Gasteiger partial charge on any atom is 0.251 e. The highest BCUT2D eigenvalue weighted by molar-refractivity contribution is 5.95. The van der Waals surface area contributed by atoms with Crippen molar-refractivity contribution in [3.63, 3.8) is 0 Å². The molecule has 4 N–H and O–H groups in total. The average Bonchev–Trinajstić information content (AvgIpc) is 2.30. The van der Waals surface area contributed by atoms with Gasteiger partial charge < -0.3 is 16.2 Å². The molecule has 1 aromatic rings. The van der Waals surface area contributed by atoms with E-state index in [2.05, 4.69) is 5.32 Å². The molecule has 0 heterocycles. The number of carbonyl (C=O) groups excluding carboxylic acids is 1. The summed E-state index contributed by atoms with van der Waals surface area (Å²) in [6.07, 6.45) is 0.925. The van der Waals surface area contributed by atoms with Crippen molar-refractivity contribution in [1.29, 1.82) is 0 Å². The molecule has 0 spiro atoms. The van der Waals surface area contributed by atoms with Gasteiger partial charge in [-0.25, -0.2) is 4.39 Å². The van der Waals surface area contributed by atoms with Gasteiger partial charge in [-0.2, -0.15) is 0 Å². The molecule has 0 aliphatic rings. The lowest BCUT2D eigenvalue weighted by Gasteiger charge is -2.11. The molecule has 1 aromatic carbocycles. The first-order chi connectivity index (χ1) is 8.04. The molecule has 0 fully saturated rings. The number of rotatable bonds is 5. The quantitative estimate of drug-likeness (QED) is 0.679. The summed E-state index contributed by atoms with van der Waals surface area (Å²) in [5, 5.41) is 12.0. The second-order valence-electron chi connectivity index (χ2n) is 3.89. The first-order valence-electron chi connectivity index (χ1n) is 5.56. The fraction of sp³-hybridized carbons (Fsp3) is 0.417. The first-order valence-corrected chi connectivity index (χ1v) is 5.56. The molecular formula is C12H17FN2O2. The van der Waals surface area contributed by atoms with Crippen LogP contribution in [0, 0.1) is 5.82 Å². The van der Waals surface area contributed by atoms with E-state index < -0.39 is 11.9 Å². The molecule has 1 rings (SSSR count). The van der Waals surface area contributed by atoms with Gasteiger partial charge in [0.05, 0.1) is 11.8 Å². The number of amides is 1. The predicted molar refractivity (Wildman–Crippen MR) is 64.1 cm³/mol. The summed E-state index contributed by atoms with van der Waals surface area (Å²) in [5.74, 6) is -0.917. The van der Waals surface area contributed by atoms with E-state index in [0.29, 0.717) is 6.42 Å². The molecule has 0 aliphatic heterocycles. The van der Waals surface area contributed by atoms with E-state index in [0.717, 1.165) is 12.5 Å². The molecule has 0 radical (unpaired) electrons. The number of hydrogen-bond donors (Lipinski definition) is 3. The SMILES string of the molecule is CCCC(O)CNC(=O)c1ccc(F)c(N)c1. The van der Waals surface area contributed by atoms with E-state index >= 15 is 0 Å². The van der Waals surface area contributed by atoms with Crippen molar-refractivity contribution in [2.75, 3.05) is 12.3 Å². The molecule has 0 saturated carbocycles. The summed E-state index contributed by atoms with van der Waals surface area (Å²) < 4.78 is 12.9. The summed E-state index contributed by atoms with van der Waals surface area (Å²) in [6.45, 7) is 2.13. The van der Waals surface area contributed by atoms with Crippen LogP contribution in [-0.4, -0.2) is 23.7 Å². The number of benzene rings is 1. The summed E-state index contributed by atoms with van der Waals surface area (Å²) in [4.78, 5) is 11.6. The Morgan fingerprint density at radius 2 is 2.29 bits per heavy atom. The number of halogens is 1. The van der Waals surface area contributed by atoms with Crippen LogP contribution in [0.15, 0.2) is 18.2 Å². The van der Waals surface area contributed by atoms with Crippen LogP contribution in [0.1, 0.15) is 30.1 Å². The number of nitrogen functional groups attached to an aromatic ring is 1. The minimum Gasteiger partial charge on any atom is -0.396 e. The summed E-state index contributed by atoms with van der Waals surface area (Å²) in [6, 6.07) is 3.77. The topological polar surface area (TPSA) is 75.3 Å². The van der Waals surface area contributed by atoms with Crippen molar-refractivity contribution in [1.82, 2.24) is 5.32 Å². The molecule has 17 heavy (non-hydrogen) atoms. The maximum absolute atomic E-state index is 12.9. The molecule has 5 heteroatoms. The zero-order valence-electron chi connectivity index (χ0n) is 9.74. The van der Waals surface area contributed by atoms with Crippen LogP contribution in [0.3, 0.4) is 0 Å². The number of nitrogens with one attached hydrogen (secondary N) is 1. The number of nitrogens with two attached hydrogens (primary N) is 1. The Balaban J connectivity index is 2.55. The number of aliphatic hydroxyl groups excluding tert-OH is 1. The van der Waals surface area contributed by atoms with E-state index in [4.69, 9.17) is 5.73 Å². The van der Waals surface area contributed by atoms with Crippen LogP contribution >= 0.6 is 0 Å². The largest absolute Gasteiger partial charge is 0.396 e. The van der Waals surface area contributed by atoms with E-state index in [1.54, 1.807) is 0 Å². The third-order valence-electron chi connectivity index (χ3n) is 2.38. The van der Waals surface area contributed by atoms with Gasteiger partial charge in [-0.3, -0.25) is 4.79 Å². The van der Waals surface area contributed by atoms with Gasteiger partial charge in [0, 0.05) is 12.1 Å². The van der Waals surface area contributed by atoms with Crippen molar-refractivity contribution in [3.05, 3.63) is 29.6 Å². The molecule has 4 nitrogen and oxygen atoms in total. The van der Waals surface area contributed by atoms with E-state index in [1.165, 1.54) is 12.1 Å². The smallest absolute Gasteiger partial charge is 0.251 e. The lowest BCUT2D eigenvalue weighted by atomic mass is 10.1. The van der Waals surface area contributed by atoms with Crippen molar-refractivity contribution >= 4 is 11.6 Å². The van der Waals surface area contributed by atoms with Gasteiger partial charge in [0.1, 0.15) is 5.82 Å². The fourth-order valence-corrected chi connectivity index (χ4v) is 1.43. The minimum atomic E-state index is -0.554. The van der Waals surface area contributed by atoms with Crippen molar-refractivity contribution in [3.8, 4) is 0 Å². The Bertz CT molecular complexity index is 396. The van der Waals surface area contributed by atoms with Crippen LogP contribution < -0.4 is 11.1 Å². The Morgan fingerprint density at radius 1 is 1.59 bits per heavy atom. The fourth-order valence-electron chi connectivity index (χ4n) is 1.43. The normalized spacial score (nSPS) is 12.2. The second-order valence-corrected chi connectivity index (χ2v) is 3.89. The van der Waals surface area contributed by atoms with Crippen molar-refractivity contribution in [2.45, 2.75) is 25.9 Å². The van der Waals surface area contributed by atoms with Gasteiger partial charge in [-0.05, 0) is 24.6 Å². The summed E-state index contributed by atoms with van der Waals surface area (Å²) >= 11 is 0. The molecular weight excluding hydrogens is 223 g/mol. The van der Waals surface area contributed by atoms with Gasteiger partial charge in [-0.1, -0.05) is 13.3 Å². The van der Waals surface area contributed by atoms with E-state index in [1.807, 2.05) is 6.92 Å². The molecule has 0 aromatic heterocycles. The van der Waals surface area contributed by atoms with Gasteiger partial charge >= 0.3 is 0 Å². The highest BCUT2D eigenvalue weighted by Gasteiger charge is 2.09. The number of hydrogen-bond acceptors (Lipinski definition) is 3. The molecule has 0 saturated heterocycles. The summed E-state index contributed by atoms with van der Waals surface area (Å²) in [7, 11) is 0. The number of carbonyl (C=O) groups is 1. The van der Waals surface area contributed by atoms with Crippen molar-refractivity contribution < 1.29 is 14.3 Å². The van der Waals surface area contributed by atoms with Gasteiger partial charge in [0.15, 0.2) is 0 Å². The highest BCUT2D eigenvalue weighted by Crippen LogP contribution is 2.12. The zero-order chi connectivity index (χ0) is 12.8. The van der Waals surface area contributed by atoms with Crippen LogP contribution in [0.5, 0.6) is 0 Å². The van der Waals surface area contributed by atoms with Crippen LogP contribution in [-0.2, 0) is 0 Å². The molecule has 1 amide bonds. The maximum atomic E-state index is 12.9. The molecule has 94 valence electrons. The Morgan fingerprint density at radius 3 is 2.88 bits per heavy atom. The third kappa shape index (κ3) is 4.03. The van der Waals surface area contributed by atoms with Gasteiger partial charge in [0.2, 0.25) is 0 Å².